The minimum Gasteiger partial charge on any atom is -0.465 e. The van der Waals surface area contributed by atoms with E-state index in [9.17, 15) is 9.90 Å². The molecular weight excluding hydrogens is 282 g/mol. The highest BCUT2D eigenvalue weighted by molar-refractivity contribution is 6.28. The highest BCUT2D eigenvalue weighted by atomic mass is 35.5. The van der Waals surface area contributed by atoms with Crippen molar-refractivity contribution in [1.82, 2.24) is 24.6 Å². The van der Waals surface area contributed by atoms with E-state index in [1.54, 1.807) is 17.1 Å². The lowest BCUT2D eigenvalue weighted by molar-refractivity contribution is 0.0997. The number of likely N-dealkylation sites (tertiary alicyclic amines) is 1. The summed E-state index contributed by atoms with van der Waals surface area (Å²) in [7, 11) is 0. The Morgan fingerprint density at radius 2 is 2.35 bits per heavy atom. The molecule has 0 unspecified atom stereocenters. The molecule has 0 aliphatic carbocycles. The predicted octanol–water partition coefficient (Wildman–Crippen LogP) is 2.01. The molecule has 0 saturated carbocycles. The predicted molar refractivity (Wildman–Crippen MR) is 72.7 cm³/mol. The van der Waals surface area contributed by atoms with Crippen LogP contribution in [-0.2, 0) is 6.54 Å². The topological polar surface area (TPSA) is 84.1 Å². The van der Waals surface area contributed by atoms with Gasteiger partial charge in [0.15, 0.2) is 5.65 Å². The Morgan fingerprint density at radius 1 is 1.55 bits per heavy atom. The monoisotopic (exact) mass is 295 g/mol. The van der Waals surface area contributed by atoms with Crippen LogP contribution in [0.1, 0.15) is 19.8 Å². The van der Waals surface area contributed by atoms with Crippen molar-refractivity contribution in [3.8, 4) is 0 Å². The highest BCUT2D eigenvalue weighted by Crippen LogP contribution is 2.31. The zero-order valence-corrected chi connectivity index (χ0v) is 11.7. The van der Waals surface area contributed by atoms with Gasteiger partial charge in [0.1, 0.15) is 0 Å². The third-order valence-electron chi connectivity index (χ3n) is 3.82. The van der Waals surface area contributed by atoms with Crippen molar-refractivity contribution in [3.63, 3.8) is 0 Å². The maximum Gasteiger partial charge on any atom is 0.407 e. The molecule has 1 amide bonds. The number of aromatic nitrogens is 4. The van der Waals surface area contributed by atoms with Crippen LogP contribution in [0.5, 0.6) is 0 Å². The summed E-state index contributed by atoms with van der Waals surface area (Å²) in [4.78, 5) is 20.9. The molecule has 1 aliphatic heterocycles. The quantitative estimate of drug-likeness (QED) is 0.857. The van der Waals surface area contributed by atoms with E-state index in [4.69, 9.17) is 11.6 Å². The molecule has 1 fully saturated rings. The molecule has 1 atom stereocenters. The SMILES string of the molecule is C[C@@]1(Cn2ncc3cnc(Cl)nc32)CCCN1C(=O)O. The smallest absolute Gasteiger partial charge is 0.407 e. The minimum atomic E-state index is -0.894. The molecule has 3 rings (SSSR count). The number of halogens is 1. The van der Waals surface area contributed by atoms with Crippen molar-refractivity contribution in [1.29, 1.82) is 0 Å². The van der Waals surface area contributed by atoms with Gasteiger partial charge in [-0.25, -0.2) is 14.5 Å². The van der Waals surface area contributed by atoms with Gasteiger partial charge in [-0.05, 0) is 31.4 Å². The molecule has 0 radical (unpaired) electrons. The zero-order chi connectivity index (χ0) is 14.3. The first-order valence-corrected chi connectivity index (χ1v) is 6.72. The van der Waals surface area contributed by atoms with Gasteiger partial charge in [0.25, 0.3) is 0 Å². The van der Waals surface area contributed by atoms with Gasteiger partial charge in [-0.2, -0.15) is 10.1 Å². The van der Waals surface area contributed by atoms with Crippen LogP contribution in [0.15, 0.2) is 12.4 Å². The number of hydrogen-bond donors (Lipinski definition) is 1. The molecule has 3 heterocycles. The van der Waals surface area contributed by atoms with Gasteiger partial charge in [-0.1, -0.05) is 0 Å². The van der Waals surface area contributed by atoms with Crippen LogP contribution in [0.4, 0.5) is 4.79 Å². The van der Waals surface area contributed by atoms with E-state index in [1.165, 1.54) is 4.90 Å². The van der Waals surface area contributed by atoms with E-state index >= 15 is 0 Å². The number of nitrogens with zero attached hydrogens (tertiary/aromatic N) is 5. The number of rotatable bonds is 2. The first-order valence-electron chi connectivity index (χ1n) is 6.34. The van der Waals surface area contributed by atoms with E-state index in [1.807, 2.05) is 6.92 Å². The second-order valence-electron chi connectivity index (χ2n) is 5.25. The van der Waals surface area contributed by atoms with Gasteiger partial charge in [-0.15, -0.1) is 0 Å². The van der Waals surface area contributed by atoms with Gasteiger partial charge < -0.3 is 10.0 Å². The number of fused-ring (bicyclic) bond motifs is 1. The maximum absolute atomic E-state index is 11.3. The van der Waals surface area contributed by atoms with Crippen LogP contribution in [0.25, 0.3) is 11.0 Å². The lowest BCUT2D eigenvalue weighted by atomic mass is 9.99. The summed E-state index contributed by atoms with van der Waals surface area (Å²) in [6.07, 6.45) is 4.04. The van der Waals surface area contributed by atoms with Gasteiger partial charge in [0.2, 0.25) is 5.28 Å². The average Bonchev–Trinajstić information content (AvgIpc) is 2.94. The van der Waals surface area contributed by atoms with E-state index in [-0.39, 0.29) is 5.28 Å². The Balaban J connectivity index is 1.96. The summed E-state index contributed by atoms with van der Waals surface area (Å²) >= 11 is 5.81. The molecule has 106 valence electrons. The number of amides is 1. The van der Waals surface area contributed by atoms with Crippen molar-refractivity contribution in [2.45, 2.75) is 31.8 Å². The zero-order valence-electron chi connectivity index (χ0n) is 11.0. The van der Waals surface area contributed by atoms with Crippen LogP contribution in [-0.4, -0.2) is 47.9 Å². The molecule has 1 saturated heterocycles. The van der Waals surface area contributed by atoms with Gasteiger partial charge in [0, 0.05) is 12.7 Å². The Bertz CT molecular complexity index is 673. The molecule has 0 spiro atoms. The second-order valence-corrected chi connectivity index (χ2v) is 5.59. The first kappa shape index (κ1) is 13.1. The van der Waals surface area contributed by atoms with Crippen molar-refractivity contribution in [2.24, 2.45) is 0 Å². The van der Waals surface area contributed by atoms with E-state index in [0.717, 1.165) is 18.2 Å². The van der Waals surface area contributed by atoms with Crippen molar-refractivity contribution in [2.75, 3.05) is 6.54 Å². The number of carbonyl (C=O) groups is 1. The van der Waals surface area contributed by atoms with Crippen LogP contribution < -0.4 is 0 Å². The van der Waals surface area contributed by atoms with Crippen LogP contribution in [0.2, 0.25) is 5.28 Å². The summed E-state index contributed by atoms with van der Waals surface area (Å²) in [5.41, 5.74) is 0.158. The van der Waals surface area contributed by atoms with Gasteiger partial charge in [-0.3, -0.25) is 0 Å². The van der Waals surface area contributed by atoms with Gasteiger partial charge >= 0.3 is 6.09 Å². The first-order chi connectivity index (χ1) is 9.49. The minimum absolute atomic E-state index is 0.158. The summed E-state index contributed by atoms with van der Waals surface area (Å²) in [6.45, 7) is 2.95. The molecule has 2 aromatic rings. The molecule has 2 aromatic heterocycles. The van der Waals surface area contributed by atoms with Crippen molar-refractivity contribution in [3.05, 3.63) is 17.7 Å². The molecule has 7 nitrogen and oxygen atoms in total. The van der Waals surface area contributed by atoms with E-state index in [0.29, 0.717) is 18.7 Å². The van der Waals surface area contributed by atoms with Crippen molar-refractivity contribution >= 4 is 28.7 Å². The Labute approximate surface area is 120 Å². The molecule has 8 heteroatoms. The lowest BCUT2D eigenvalue weighted by Crippen LogP contribution is -2.47. The molecular formula is C12H14ClN5O2. The Kier molecular flexibility index (Phi) is 3.01. The van der Waals surface area contributed by atoms with Crippen molar-refractivity contribution < 1.29 is 9.90 Å². The third-order valence-corrected chi connectivity index (χ3v) is 4.00. The molecule has 20 heavy (non-hydrogen) atoms. The fourth-order valence-corrected chi connectivity index (χ4v) is 2.93. The Morgan fingerprint density at radius 3 is 3.10 bits per heavy atom. The fraction of sp³-hybridized carbons (Fsp3) is 0.500. The van der Waals surface area contributed by atoms with Crippen LogP contribution in [0, 0.1) is 0 Å². The van der Waals surface area contributed by atoms with E-state index < -0.39 is 11.6 Å². The highest BCUT2D eigenvalue weighted by Gasteiger charge is 2.40. The third kappa shape index (κ3) is 2.07. The van der Waals surface area contributed by atoms with Gasteiger partial charge in [0.05, 0.1) is 23.7 Å². The summed E-state index contributed by atoms with van der Waals surface area (Å²) in [5, 5.41) is 14.5. The second kappa shape index (κ2) is 4.59. The van der Waals surface area contributed by atoms with E-state index in [2.05, 4.69) is 15.1 Å². The normalized spacial score (nSPS) is 22.6. The number of carboxylic acid groups (broad SMARTS) is 1. The number of hydrogen-bond acceptors (Lipinski definition) is 4. The molecule has 1 aliphatic rings. The largest absolute Gasteiger partial charge is 0.465 e. The molecule has 0 bridgehead atoms. The molecule has 1 N–H and O–H groups in total. The summed E-state index contributed by atoms with van der Waals surface area (Å²) in [6, 6.07) is 0. The van der Waals surface area contributed by atoms with Crippen LogP contribution in [0.3, 0.4) is 0 Å². The maximum atomic E-state index is 11.3. The lowest BCUT2D eigenvalue weighted by Gasteiger charge is -2.33. The van der Waals surface area contributed by atoms with Crippen LogP contribution >= 0.6 is 11.6 Å². The standard InChI is InChI=1S/C12H14ClN5O2/c1-12(3-2-4-17(12)11(19)20)7-18-9-8(6-15-18)5-14-10(13)16-9/h5-6H,2-4,7H2,1H3,(H,19,20)/t12-/m0/s1. The molecule has 0 aromatic carbocycles. The summed E-state index contributed by atoms with van der Waals surface area (Å²) in [5.74, 6) is 0. The fourth-order valence-electron chi connectivity index (χ4n) is 2.80. The summed E-state index contributed by atoms with van der Waals surface area (Å²) < 4.78 is 1.70. The Hall–Kier alpha value is -1.89. The average molecular weight is 296 g/mol.